The lowest BCUT2D eigenvalue weighted by molar-refractivity contribution is -0.112. The van der Waals surface area contributed by atoms with E-state index in [9.17, 15) is 19.5 Å². The van der Waals surface area contributed by atoms with Crippen LogP contribution in [0.15, 0.2) is 84.9 Å². The van der Waals surface area contributed by atoms with Crippen molar-refractivity contribution in [3.63, 3.8) is 0 Å². The van der Waals surface area contributed by atoms with E-state index < -0.39 is 29.4 Å². The van der Waals surface area contributed by atoms with Crippen LogP contribution in [-0.2, 0) is 9.53 Å². The number of amides is 3. The van der Waals surface area contributed by atoms with Gasteiger partial charge in [-0.3, -0.25) is 14.9 Å². The summed E-state index contributed by atoms with van der Waals surface area (Å²) in [6, 6.07) is 19.6. The number of para-hydroxylation sites is 2. The number of aromatic hydroxyl groups is 1. The van der Waals surface area contributed by atoms with E-state index in [0.717, 1.165) is 0 Å². The van der Waals surface area contributed by atoms with Gasteiger partial charge in [0.25, 0.3) is 5.91 Å². The van der Waals surface area contributed by atoms with Gasteiger partial charge >= 0.3 is 6.09 Å². The number of hydrogen-bond acceptors (Lipinski definition) is 7. The number of hydrogen-bond donors (Lipinski definition) is 4. The molecule has 3 rings (SSSR count). The van der Waals surface area contributed by atoms with Gasteiger partial charge < -0.3 is 25.6 Å². The molecule has 192 valence electrons. The van der Waals surface area contributed by atoms with E-state index in [4.69, 9.17) is 15.2 Å². The van der Waals surface area contributed by atoms with Gasteiger partial charge in [0, 0.05) is 11.0 Å². The zero-order chi connectivity index (χ0) is 27.0. The highest BCUT2D eigenvalue weighted by Gasteiger charge is 2.33. The van der Waals surface area contributed by atoms with Crippen LogP contribution in [0.2, 0.25) is 0 Å². The fourth-order valence-corrected chi connectivity index (χ4v) is 3.57. The summed E-state index contributed by atoms with van der Waals surface area (Å²) in [5.41, 5.74) is 6.50. The molecule has 0 heterocycles. The number of anilines is 2. The van der Waals surface area contributed by atoms with Crippen LogP contribution in [0.3, 0.4) is 0 Å². The third-order valence-electron chi connectivity index (χ3n) is 5.54. The molecule has 0 saturated carbocycles. The molecule has 9 heteroatoms. The Morgan fingerprint density at radius 2 is 1.68 bits per heavy atom. The maximum Gasteiger partial charge on any atom is 0.414 e. The zero-order valence-electron chi connectivity index (χ0n) is 20.7. The van der Waals surface area contributed by atoms with E-state index in [0.29, 0.717) is 16.9 Å². The average molecular weight is 504 g/mol. The molecule has 0 fully saturated rings. The second-order valence-electron chi connectivity index (χ2n) is 8.77. The zero-order valence-corrected chi connectivity index (χ0v) is 20.7. The van der Waals surface area contributed by atoms with E-state index >= 15 is 0 Å². The van der Waals surface area contributed by atoms with Gasteiger partial charge in [-0.25, -0.2) is 4.79 Å². The van der Waals surface area contributed by atoms with Crippen LogP contribution in [0, 0.1) is 5.41 Å². The number of phenols is 1. The van der Waals surface area contributed by atoms with Gasteiger partial charge in [0.1, 0.15) is 6.10 Å². The molecule has 0 radical (unpaired) electrons. The molecule has 0 aliphatic rings. The second-order valence-corrected chi connectivity index (χ2v) is 8.77. The number of rotatable bonds is 8. The number of nitrogen functional groups attached to an aromatic ring is 1. The number of nitrogens with one attached hydrogen (secondary N) is 2. The van der Waals surface area contributed by atoms with E-state index in [1.165, 1.54) is 25.3 Å². The van der Waals surface area contributed by atoms with Crippen LogP contribution in [0.5, 0.6) is 11.5 Å². The molecule has 3 aromatic rings. The molecule has 37 heavy (non-hydrogen) atoms. The Kier molecular flexibility index (Phi) is 8.52. The van der Waals surface area contributed by atoms with Gasteiger partial charge in [-0.05, 0) is 48.0 Å². The summed E-state index contributed by atoms with van der Waals surface area (Å²) in [5.74, 6) is -0.994. The number of alkyl carbamates (subject to hydrolysis) is 1. The minimum Gasteiger partial charge on any atom is -0.504 e. The number of nitrogens with two attached hydrogens (primary N) is 1. The molecular formula is C28H29N3O6. The van der Waals surface area contributed by atoms with Gasteiger partial charge in [0.2, 0.25) is 5.91 Å². The van der Waals surface area contributed by atoms with Crippen molar-refractivity contribution in [2.75, 3.05) is 18.2 Å². The maximum absolute atomic E-state index is 12.7. The Morgan fingerprint density at radius 1 is 1.00 bits per heavy atom. The van der Waals surface area contributed by atoms with Gasteiger partial charge in [0.05, 0.1) is 18.5 Å². The summed E-state index contributed by atoms with van der Waals surface area (Å²) in [6.07, 6.45) is 0.884. The minimum absolute atomic E-state index is 0.161. The lowest BCUT2D eigenvalue weighted by atomic mass is 9.82. The molecule has 0 spiro atoms. The van der Waals surface area contributed by atoms with Crippen LogP contribution in [0.1, 0.15) is 35.9 Å². The number of ether oxygens (including phenoxy) is 2. The number of phenolic OH excluding ortho intramolecular Hbond substituents is 1. The second kappa shape index (κ2) is 11.8. The molecule has 0 aliphatic carbocycles. The highest BCUT2D eigenvalue weighted by Crippen LogP contribution is 2.41. The fourth-order valence-electron chi connectivity index (χ4n) is 3.57. The van der Waals surface area contributed by atoms with Crippen molar-refractivity contribution in [2.45, 2.75) is 20.0 Å². The smallest absolute Gasteiger partial charge is 0.414 e. The number of carbonyl (C=O) groups is 3. The predicted octanol–water partition coefficient (Wildman–Crippen LogP) is 4.81. The van der Waals surface area contributed by atoms with Crippen molar-refractivity contribution in [3.05, 3.63) is 96.1 Å². The van der Waals surface area contributed by atoms with E-state index in [1.807, 2.05) is 0 Å². The van der Waals surface area contributed by atoms with Crippen LogP contribution in [0.25, 0.3) is 0 Å². The Balaban J connectivity index is 1.84. The molecule has 5 N–H and O–H groups in total. The van der Waals surface area contributed by atoms with Gasteiger partial charge in [-0.1, -0.05) is 56.3 Å². The van der Waals surface area contributed by atoms with Gasteiger partial charge in [-0.2, -0.15) is 0 Å². The van der Waals surface area contributed by atoms with Gasteiger partial charge in [0.15, 0.2) is 11.5 Å². The molecule has 3 aromatic carbocycles. The van der Waals surface area contributed by atoms with E-state index in [-0.39, 0.29) is 17.1 Å². The van der Waals surface area contributed by atoms with Crippen LogP contribution >= 0.6 is 0 Å². The lowest BCUT2D eigenvalue weighted by Gasteiger charge is -2.31. The summed E-state index contributed by atoms with van der Waals surface area (Å²) in [4.78, 5) is 37.7. The molecule has 0 aromatic heterocycles. The molecular weight excluding hydrogens is 474 g/mol. The summed E-state index contributed by atoms with van der Waals surface area (Å²) in [5, 5.41) is 15.2. The normalized spacial score (nSPS) is 12.0. The largest absolute Gasteiger partial charge is 0.504 e. The third-order valence-corrected chi connectivity index (χ3v) is 5.54. The van der Waals surface area contributed by atoms with Gasteiger partial charge in [-0.15, -0.1) is 0 Å². The molecule has 0 saturated heterocycles. The SMILES string of the molecule is COc1ccc([C@H](OC(=O)NC(=O)c2ccccc2)C(C)(C)/C=C/C(=O)Nc2ccccc2N)cc1O. The molecule has 1 atom stereocenters. The third kappa shape index (κ3) is 7.11. The van der Waals surface area contributed by atoms with Crippen molar-refractivity contribution in [2.24, 2.45) is 5.41 Å². The summed E-state index contributed by atoms with van der Waals surface area (Å²) < 4.78 is 10.8. The van der Waals surface area contributed by atoms with Crippen molar-refractivity contribution in [1.29, 1.82) is 0 Å². The Bertz CT molecular complexity index is 1300. The highest BCUT2D eigenvalue weighted by atomic mass is 16.6. The van der Waals surface area contributed by atoms with Crippen LogP contribution in [0.4, 0.5) is 16.2 Å². The van der Waals surface area contributed by atoms with E-state index in [1.54, 1.807) is 80.6 Å². The Morgan fingerprint density at radius 3 is 2.32 bits per heavy atom. The standard InChI is InChI=1S/C28H29N3O6/c1-28(2,16-15-24(33)30-21-12-8-7-11-20(21)29)25(19-13-14-23(36-3)22(32)17-19)37-27(35)31-26(34)18-9-5-4-6-10-18/h4-17,25,32H,29H2,1-3H3,(H,30,33)(H,31,34,35)/b16-15+/t25-/m0/s1. The first-order valence-electron chi connectivity index (χ1n) is 11.4. The Labute approximate surface area is 214 Å². The lowest BCUT2D eigenvalue weighted by Crippen LogP contribution is -2.35. The van der Waals surface area contributed by atoms with Crippen LogP contribution in [-0.4, -0.2) is 30.1 Å². The molecule has 0 unspecified atom stereocenters. The summed E-state index contributed by atoms with van der Waals surface area (Å²) >= 11 is 0. The first-order chi connectivity index (χ1) is 17.6. The average Bonchev–Trinajstić information content (AvgIpc) is 2.88. The number of benzene rings is 3. The minimum atomic E-state index is -1.00. The van der Waals surface area contributed by atoms with Crippen molar-refractivity contribution < 1.29 is 29.0 Å². The number of carbonyl (C=O) groups excluding carboxylic acids is 3. The van der Waals surface area contributed by atoms with Crippen molar-refractivity contribution in [3.8, 4) is 11.5 Å². The number of methoxy groups -OCH3 is 1. The van der Waals surface area contributed by atoms with E-state index in [2.05, 4.69) is 10.6 Å². The molecule has 0 aliphatic heterocycles. The fraction of sp³-hybridized carbons (Fsp3) is 0.179. The molecule has 9 nitrogen and oxygen atoms in total. The summed E-state index contributed by atoms with van der Waals surface area (Å²) in [7, 11) is 1.41. The first-order valence-corrected chi connectivity index (χ1v) is 11.4. The molecule has 3 amide bonds. The van der Waals surface area contributed by atoms with Crippen LogP contribution < -0.4 is 21.1 Å². The molecule has 0 bridgehead atoms. The monoisotopic (exact) mass is 503 g/mol. The first kappa shape index (κ1) is 26.8. The topological polar surface area (TPSA) is 140 Å². The van der Waals surface area contributed by atoms with Crippen molar-refractivity contribution in [1.82, 2.24) is 5.32 Å². The quantitative estimate of drug-likeness (QED) is 0.255. The van der Waals surface area contributed by atoms with Crippen molar-refractivity contribution >= 4 is 29.3 Å². The maximum atomic E-state index is 12.7. The number of imide groups is 1. The highest BCUT2D eigenvalue weighted by molar-refractivity contribution is 6.03. The Hall–Kier alpha value is -4.79. The predicted molar refractivity (Wildman–Crippen MR) is 140 cm³/mol. The summed E-state index contributed by atoms with van der Waals surface area (Å²) in [6.45, 7) is 3.48.